The Bertz CT molecular complexity index is 1920. The zero-order valence-electron chi connectivity index (χ0n) is 32.3. The summed E-state index contributed by atoms with van der Waals surface area (Å²) in [6.45, 7) is 7.43. The minimum atomic E-state index is -1.49. The maximum Gasteiger partial charge on any atom is 0.408 e. The highest BCUT2D eigenvalue weighted by atomic mass is 16.5. The molecule has 0 aliphatic heterocycles. The third-order valence-electron chi connectivity index (χ3n) is 9.86. The van der Waals surface area contributed by atoms with Crippen LogP contribution in [0.2, 0.25) is 0 Å². The molecule has 0 saturated heterocycles. The van der Waals surface area contributed by atoms with Crippen molar-refractivity contribution in [3.8, 4) is 0 Å². The number of carbonyl (C=O) groups excluding carboxylic acids is 4. The molecular weight excluding hydrogens is 711 g/mol. The average Bonchev–Trinajstić information content (AvgIpc) is 3.49. The topological polar surface area (TPSA) is 178 Å². The Labute approximate surface area is 328 Å². The van der Waals surface area contributed by atoms with Gasteiger partial charge in [-0.2, -0.15) is 0 Å². The van der Waals surface area contributed by atoms with Crippen molar-refractivity contribution in [2.24, 2.45) is 5.41 Å². The number of amides is 4. The quantitative estimate of drug-likeness (QED) is 0.0897. The van der Waals surface area contributed by atoms with Crippen LogP contribution in [-0.2, 0) is 51.7 Å². The number of carbonyl (C=O) groups is 4. The standard InChI is InChI=1S/C44H53N5O7/c1-28(50)45-25-30-19-21-31(22-20-30)26-46-38(41(53)48-37-34-18-12-11-17-33(34)24-36(37)51)39(52)35(23-29-13-7-5-8-14-29)47-42(54)40(44(2,3)4)49-43(55)56-27-32-15-9-6-10-16-32/h5-22,35-40,46,51-52H,23-27H2,1-4H3,(H,45,50)(H,47,54)(H,48,53)(H,49,55)/t35-,36?,37?,38+,39+,40+/m0/s1. The SMILES string of the molecule is CC(=O)NCc1ccc(CN[C@@H](C(=O)NC2c3ccccc3CC2O)[C@H](O)[C@H](Cc2ccccc2)NC(=O)[C@@H](NC(=O)OCc2ccccc2)C(C)(C)C)cc1. The predicted octanol–water partition coefficient (Wildman–Crippen LogP) is 3.98. The molecule has 1 aliphatic rings. The van der Waals surface area contributed by atoms with Gasteiger partial charge in [-0.05, 0) is 45.2 Å². The summed E-state index contributed by atoms with van der Waals surface area (Å²) in [5.74, 6) is -1.27. The van der Waals surface area contributed by atoms with E-state index in [2.05, 4.69) is 26.6 Å². The van der Waals surface area contributed by atoms with Crippen molar-refractivity contribution in [3.63, 3.8) is 0 Å². The number of hydrogen-bond acceptors (Lipinski definition) is 8. The summed E-state index contributed by atoms with van der Waals surface area (Å²) in [4.78, 5) is 52.9. The Kier molecular flexibility index (Phi) is 14.4. The lowest BCUT2D eigenvalue weighted by molar-refractivity contribution is -0.131. The minimum Gasteiger partial charge on any atom is -0.445 e. The van der Waals surface area contributed by atoms with Crippen LogP contribution in [0.5, 0.6) is 0 Å². The van der Waals surface area contributed by atoms with E-state index < -0.39 is 59.7 Å². The highest BCUT2D eigenvalue weighted by molar-refractivity contribution is 5.87. The van der Waals surface area contributed by atoms with Crippen molar-refractivity contribution in [1.29, 1.82) is 0 Å². The summed E-state index contributed by atoms with van der Waals surface area (Å²) in [5.41, 5.74) is 4.23. The number of aliphatic hydroxyl groups excluding tert-OH is 2. The number of aliphatic hydroxyl groups is 2. The van der Waals surface area contributed by atoms with Crippen molar-refractivity contribution < 1.29 is 34.1 Å². The Hall–Kier alpha value is -5.56. The molecule has 4 aromatic carbocycles. The van der Waals surface area contributed by atoms with Crippen molar-refractivity contribution in [2.75, 3.05) is 0 Å². The number of fused-ring (bicyclic) bond motifs is 1. The third kappa shape index (κ3) is 11.7. The summed E-state index contributed by atoms with van der Waals surface area (Å²) < 4.78 is 5.44. The molecule has 6 atom stereocenters. The van der Waals surface area contributed by atoms with Gasteiger partial charge in [0.05, 0.1) is 24.3 Å². The molecule has 12 nitrogen and oxygen atoms in total. The second-order valence-corrected chi connectivity index (χ2v) is 15.3. The van der Waals surface area contributed by atoms with Crippen molar-refractivity contribution in [3.05, 3.63) is 143 Å². The first-order valence-corrected chi connectivity index (χ1v) is 18.9. The first-order chi connectivity index (χ1) is 26.8. The van der Waals surface area contributed by atoms with Crippen molar-refractivity contribution >= 4 is 23.8 Å². The van der Waals surface area contributed by atoms with Gasteiger partial charge in [0.1, 0.15) is 18.7 Å². The average molecular weight is 764 g/mol. The van der Waals surface area contributed by atoms with Gasteiger partial charge in [-0.3, -0.25) is 19.7 Å². The fourth-order valence-corrected chi connectivity index (χ4v) is 6.77. The summed E-state index contributed by atoms with van der Waals surface area (Å²) >= 11 is 0. The van der Waals surface area contributed by atoms with Gasteiger partial charge in [-0.15, -0.1) is 0 Å². The second-order valence-electron chi connectivity index (χ2n) is 15.3. The minimum absolute atomic E-state index is 0.0150. The monoisotopic (exact) mass is 763 g/mol. The summed E-state index contributed by atoms with van der Waals surface area (Å²) in [5, 5.41) is 37.9. The van der Waals surface area contributed by atoms with Crippen molar-refractivity contribution in [1.82, 2.24) is 26.6 Å². The van der Waals surface area contributed by atoms with E-state index in [9.17, 15) is 29.4 Å². The number of alkyl carbamates (subject to hydrolysis) is 1. The first kappa shape index (κ1) is 41.6. The van der Waals surface area contributed by atoms with Gasteiger partial charge in [0.25, 0.3) is 0 Å². The molecule has 0 aromatic heterocycles. The number of hydrogen-bond donors (Lipinski definition) is 7. The maximum atomic E-state index is 14.3. The molecule has 5 rings (SSSR count). The van der Waals surface area contributed by atoms with E-state index in [0.29, 0.717) is 13.0 Å². The molecule has 1 aliphatic carbocycles. The Morgan fingerprint density at radius 1 is 0.750 bits per heavy atom. The number of rotatable bonds is 16. The molecule has 12 heteroatoms. The van der Waals surface area contributed by atoms with Crippen LogP contribution in [0.4, 0.5) is 4.79 Å². The normalized spacial score (nSPS) is 17.0. The molecule has 4 amide bonds. The van der Waals surface area contributed by atoms with Crippen LogP contribution in [0.3, 0.4) is 0 Å². The lowest BCUT2D eigenvalue weighted by Crippen LogP contribution is -2.62. The number of ether oxygens (including phenoxy) is 1. The van der Waals surface area contributed by atoms with E-state index in [1.165, 1.54) is 6.92 Å². The van der Waals surface area contributed by atoms with Crippen molar-refractivity contribution in [2.45, 2.75) is 96.6 Å². The fourth-order valence-electron chi connectivity index (χ4n) is 6.77. The molecule has 0 heterocycles. The van der Waals surface area contributed by atoms with E-state index in [1.54, 1.807) is 20.8 Å². The molecule has 4 aromatic rings. The molecule has 0 fully saturated rings. The number of nitrogens with one attached hydrogen (secondary N) is 5. The second kappa shape index (κ2) is 19.3. The number of benzene rings is 4. The first-order valence-electron chi connectivity index (χ1n) is 18.9. The maximum absolute atomic E-state index is 14.3. The van der Waals surface area contributed by atoms with Crippen LogP contribution in [0.15, 0.2) is 109 Å². The van der Waals surface area contributed by atoms with Gasteiger partial charge in [-0.1, -0.05) is 130 Å². The van der Waals surface area contributed by atoms with Crippen LogP contribution < -0.4 is 26.6 Å². The van der Waals surface area contributed by atoms with Crippen LogP contribution in [0, 0.1) is 5.41 Å². The van der Waals surface area contributed by atoms with Crippen LogP contribution in [0.25, 0.3) is 0 Å². The van der Waals surface area contributed by atoms with E-state index >= 15 is 0 Å². The molecule has 0 saturated carbocycles. The van der Waals surface area contributed by atoms with Gasteiger partial charge in [0, 0.05) is 26.4 Å². The largest absolute Gasteiger partial charge is 0.445 e. The molecule has 56 heavy (non-hydrogen) atoms. The molecule has 296 valence electrons. The summed E-state index contributed by atoms with van der Waals surface area (Å²) in [7, 11) is 0. The highest BCUT2D eigenvalue weighted by Gasteiger charge is 2.40. The lowest BCUT2D eigenvalue weighted by atomic mass is 9.85. The lowest BCUT2D eigenvalue weighted by Gasteiger charge is -2.35. The van der Waals surface area contributed by atoms with Gasteiger partial charge >= 0.3 is 6.09 Å². The zero-order chi connectivity index (χ0) is 40.2. The van der Waals surface area contributed by atoms with Crippen LogP contribution in [-0.4, -0.2) is 64.4 Å². The van der Waals surface area contributed by atoms with Gasteiger partial charge < -0.3 is 36.2 Å². The molecule has 0 bridgehead atoms. The van der Waals surface area contributed by atoms with Gasteiger partial charge in [0.15, 0.2) is 0 Å². The molecule has 2 unspecified atom stereocenters. The Morgan fingerprint density at radius 3 is 1.96 bits per heavy atom. The molecule has 0 spiro atoms. The fraction of sp³-hybridized carbons (Fsp3) is 0.364. The summed E-state index contributed by atoms with van der Waals surface area (Å²) in [6, 6.07) is 29.4. The van der Waals surface area contributed by atoms with E-state index in [4.69, 9.17) is 4.74 Å². The molecule has 7 N–H and O–H groups in total. The Morgan fingerprint density at radius 2 is 1.34 bits per heavy atom. The van der Waals surface area contributed by atoms with Gasteiger partial charge in [-0.25, -0.2) is 4.79 Å². The third-order valence-corrected chi connectivity index (χ3v) is 9.86. The van der Waals surface area contributed by atoms with Crippen LogP contribution >= 0.6 is 0 Å². The van der Waals surface area contributed by atoms with E-state index in [1.807, 2.05) is 109 Å². The Balaban J connectivity index is 1.40. The van der Waals surface area contributed by atoms with E-state index in [-0.39, 0.29) is 25.5 Å². The predicted molar refractivity (Wildman–Crippen MR) is 213 cm³/mol. The van der Waals surface area contributed by atoms with Gasteiger partial charge in [0.2, 0.25) is 17.7 Å². The molecule has 0 radical (unpaired) electrons. The summed E-state index contributed by atoms with van der Waals surface area (Å²) in [6.07, 6.45) is -2.61. The zero-order valence-corrected chi connectivity index (χ0v) is 32.3. The highest BCUT2D eigenvalue weighted by Crippen LogP contribution is 2.31. The smallest absolute Gasteiger partial charge is 0.408 e. The van der Waals surface area contributed by atoms with Crippen LogP contribution in [0.1, 0.15) is 67.1 Å². The molecular formula is C44H53N5O7. The van der Waals surface area contributed by atoms with E-state index in [0.717, 1.165) is 33.4 Å².